The number of rotatable bonds is 5. The van der Waals surface area contributed by atoms with Gasteiger partial charge in [0.1, 0.15) is 11.5 Å². The van der Waals surface area contributed by atoms with Crippen molar-refractivity contribution in [1.29, 1.82) is 0 Å². The summed E-state index contributed by atoms with van der Waals surface area (Å²) in [6.07, 6.45) is 3.82. The third kappa shape index (κ3) is 4.52. The van der Waals surface area contributed by atoms with Crippen LogP contribution in [0.4, 0.5) is 11.4 Å². The maximum Gasteiger partial charge on any atom is 0.255 e. The van der Waals surface area contributed by atoms with E-state index in [1.165, 1.54) is 24.9 Å². The van der Waals surface area contributed by atoms with E-state index in [2.05, 4.69) is 22.3 Å². The van der Waals surface area contributed by atoms with Crippen molar-refractivity contribution < 1.29 is 9.53 Å². The molecule has 142 valence electrons. The van der Waals surface area contributed by atoms with Gasteiger partial charge in [0.25, 0.3) is 5.91 Å². The second-order valence-electron chi connectivity index (χ2n) is 6.99. The first kappa shape index (κ1) is 18.1. The molecule has 0 aliphatic carbocycles. The Balaban J connectivity index is 1.36. The first-order chi connectivity index (χ1) is 13.8. The van der Waals surface area contributed by atoms with E-state index in [4.69, 9.17) is 4.74 Å². The fourth-order valence-corrected chi connectivity index (χ4v) is 3.41. The maximum atomic E-state index is 12.5. The summed E-state index contributed by atoms with van der Waals surface area (Å²) in [7, 11) is 0. The van der Waals surface area contributed by atoms with Crippen LogP contribution < -0.4 is 15.0 Å². The lowest BCUT2D eigenvalue weighted by molar-refractivity contribution is 0.102. The van der Waals surface area contributed by atoms with Gasteiger partial charge in [0.2, 0.25) is 0 Å². The molecule has 1 aliphatic rings. The molecule has 1 amide bonds. The number of nitrogens with one attached hydrogen (secondary N) is 1. The largest absolute Gasteiger partial charge is 0.457 e. The molecule has 0 aromatic heterocycles. The van der Waals surface area contributed by atoms with E-state index >= 15 is 0 Å². The third-order valence-corrected chi connectivity index (χ3v) is 4.94. The molecule has 0 radical (unpaired) electrons. The van der Waals surface area contributed by atoms with Gasteiger partial charge in [0.05, 0.1) is 0 Å². The Bertz CT molecular complexity index is 900. The van der Waals surface area contributed by atoms with Crippen molar-refractivity contribution in [2.24, 2.45) is 0 Å². The van der Waals surface area contributed by atoms with Gasteiger partial charge in [-0.25, -0.2) is 0 Å². The Morgan fingerprint density at radius 2 is 1.39 bits per heavy atom. The van der Waals surface area contributed by atoms with E-state index in [0.29, 0.717) is 11.3 Å². The summed E-state index contributed by atoms with van der Waals surface area (Å²) in [5, 5.41) is 2.96. The Morgan fingerprint density at radius 3 is 2.07 bits per heavy atom. The highest BCUT2D eigenvalue weighted by Crippen LogP contribution is 2.23. The van der Waals surface area contributed by atoms with E-state index in [0.717, 1.165) is 24.5 Å². The molecule has 4 heteroatoms. The summed E-state index contributed by atoms with van der Waals surface area (Å²) in [5.41, 5.74) is 2.62. The summed E-state index contributed by atoms with van der Waals surface area (Å²) in [4.78, 5) is 14.9. The highest BCUT2D eigenvalue weighted by molar-refractivity contribution is 6.04. The third-order valence-electron chi connectivity index (χ3n) is 4.94. The zero-order chi connectivity index (χ0) is 19.2. The van der Waals surface area contributed by atoms with Gasteiger partial charge in [-0.05, 0) is 79.9 Å². The summed E-state index contributed by atoms with van der Waals surface area (Å²) in [6, 6.07) is 24.8. The van der Waals surface area contributed by atoms with Gasteiger partial charge in [0.15, 0.2) is 0 Å². The normalized spacial score (nSPS) is 13.8. The van der Waals surface area contributed by atoms with Crippen LogP contribution in [0.1, 0.15) is 29.6 Å². The van der Waals surface area contributed by atoms with E-state index in [9.17, 15) is 4.79 Å². The molecular weight excluding hydrogens is 348 g/mol. The van der Waals surface area contributed by atoms with E-state index in [1.807, 2.05) is 42.5 Å². The fourth-order valence-electron chi connectivity index (χ4n) is 3.41. The maximum absolute atomic E-state index is 12.5. The number of piperidine rings is 1. The summed E-state index contributed by atoms with van der Waals surface area (Å²) >= 11 is 0. The van der Waals surface area contributed by atoms with Crippen LogP contribution in [0.2, 0.25) is 0 Å². The van der Waals surface area contributed by atoms with Crippen molar-refractivity contribution in [3.63, 3.8) is 0 Å². The minimum Gasteiger partial charge on any atom is -0.457 e. The molecule has 1 saturated heterocycles. The smallest absolute Gasteiger partial charge is 0.255 e. The molecule has 4 nitrogen and oxygen atoms in total. The first-order valence-corrected chi connectivity index (χ1v) is 9.77. The number of benzene rings is 3. The van der Waals surface area contributed by atoms with Crippen LogP contribution >= 0.6 is 0 Å². The van der Waals surface area contributed by atoms with Gasteiger partial charge < -0.3 is 15.0 Å². The molecular formula is C24H24N2O2. The Hall–Kier alpha value is -3.27. The minimum absolute atomic E-state index is 0.128. The van der Waals surface area contributed by atoms with E-state index in [-0.39, 0.29) is 5.91 Å². The highest BCUT2D eigenvalue weighted by Gasteiger charge is 2.11. The van der Waals surface area contributed by atoms with Gasteiger partial charge in [-0.15, -0.1) is 0 Å². The zero-order valence-corrected chi connectivity index (χ0v) is 15.8. The quantitative estimate of drug-likeness (QED) is 0.623. The number of hydrogen-bond donors (Lipinski definition) is 1. The first-order valence-electron chi connectivity index (χ1n) is 9.77. The van der Waals surface area contributed by atoms with Crippen LogP contribution in [0.25, 0.3) is 0 Å². The second-order valence-corrected chi connectivity index (χ2v) is 6.99. The Morgan fingerprint density at radius 1 is 0.750 bits per heavy atom. The lowest BCUT2D eigenvalue weighted by Crippen LogP contribution is -2.29. The predicted octanol–water partition coefficient (Wildman–Crippen LogP) is 5.72. The van der Waals surface area contributed by atoms with Crippen molar-refractivity contribution in [2.75, 3.05) is 23.3 Å². The van der Waals surface area contributed by atoms with Crippen molar-refractivity contribution in [3.05, 3.63) is 84.4 Å². The summed E-state index contributed by atoms with van der Waals surface area (Å²) in [6.45, 7) is 2.23. The predicted molar refractivity (Wildman–Crippen MR) is 113 cm³/mol. The van der Waals surface area contributed by atoms with Crippen LogP contribution in [-0.2, 0) is 0 Å². The molecule has 0 bridgehead atoms. The van der Waals surface area contributed by atoms with Crippen molar-refractivity contribution in [2.45, 2.75) is 19.3 Å². The van der Waals surface area contributed by atoms with Crippen LogP contribution in [-0.4, -0.2) is 19.0 Å². The van der Waals surface area contributed by atoms with Gasteiger partial charge in [-0.1, -0.05) is 18.2 Å². The van der Waals surface area contributed by atoms with Gasteiger partial charge in [-0.2, -0.15) is 0 Å². The van der Waals surface area contributed by atoms with Gasteiger partial charge in [0, 0.05) is 30.0 Å². The number of hydrogen-bond acceptors (Lipinski definition) is 3. The van der Waals surface area contributed by atoms with Crippen LogP contribution in [0.15, 0.2) is 78.9 Å². The number of carbonyl (C=O) groups is 1. The van der Waals surface area contributed by atoms with Crippen molar-refractivity contribution in [3.8, 4) is 11.5 Å². The van der Waals surface area contributed by atoms with Gasteiger partial charge >= 0.3 is 0 Å². The molecule has 28 heavy (non-hydrogen) atoms. The summed E-state index contributed by atoms with van der Waals surface area (Å²) in [5.74, 6) is 1.35. The lowest BCUT2D eigenvalue weighted by atomic mass is 10.1. The number of nitrogens with zero attached hydrogens (tertiary/aromatic N) is 1. The number of amides is 1. The van der Waals surface area contributed by atoms with Crippen molar-refractivity contribution in [1.82, 2.24) is 0 Å². The lowest BCUT2D eigenvalue weighted by Gasteiger charge is -2.28. The SMILES string of the molecule is O=C(Nc1ccc(N2CCCCC2)cc1)c1ccc(Oc2ccccc2)cc1. The van der Waals surface area contributed by atoms with Crippen molar-refractivity contribution >= 4 is 17.3 Å². The topological polar surface area (TPSA) is 41.6 Å². The molecule has 1 N–H and O–H groups in total. The standard InChI is InChI=1S/C24H24N2O2/c27-24(19-9-15-23(16-10-19)28-22-7-3-1-4-8-22)25-20-11-13-21(14-12-20)26-17-5-2-6-18-26/h1,3-4,7-16H,2,5-6,17-18H2,(H,25,27). The van der Waals surface area contributed by atoms with Crippen LogP contribution in [0, 0.1) is 0 Å². The van der Waals surface area contributed by atoms with Gasteiger partial charge in [-0.3, -0.25) is 4.79 Å². The number of ether oxygens (including phenoxy) is 1. The summed E-state index contributed by atoms with van der Waals surface area (Å²) < 4.78 is 5.77. The number of para-hydroxylation sites is 1. The average Bonchev–Trinajstić information content (AvgIpc) is 2.76. The van der Waals surface area contributed by atoms with Crippen LogP contribution in [0.3, 0.4) is 0 Å². The molecule has 4 rings (SSSR count). The molecule has 3 aromatic carbocycles. The molecule has 1 fully saturated rings. The molecule has 0 atom stereocenters. The van der Waals surface area contributed by atoms with Crippen LogP contribution in [0.5, 0.6) is 11.5 Å². The molecule has 0 spiro atoms. The molecule has 0 saturated carbocycles. The number of anilines is 2. The fraction of sp³-hybridized carbons (Fsp3) is 0.208. The highest BCUT2D eigenvalue weighted by atomic mass is 16.5. The van der Waals surface area contributed by atoms with E-state index < -0.39 is 0 Å². The Labute approximate surface area is 165 Å². The molecule has 3 aromatic rings. The second kappa shape index (κ2) is 8.61. The monoisotopic (exact) mass is 372 g/mol. The Kier molecular flexibility index (Phi) is 5.57. The molecule has 0 unspecified atom stereocenters. The molecule has 1 heterocycles. The number of carbonyl (C=O) groups excluding carboxylic acids is 1. The zero-order valence-electron chi connectivity index (χ0n) is 15.8. The average molecular weight is 372 g/mol. The van der Waals surface area contributed by atoms with E-state index in [1.54, 1.807) is 24.3 Å². The minimum atomic E-state index is -0.128. The molecule has 1 aliphatic heterocycles.